The van der Waals surface area contributed by atoms with Gasteiger partial charge in [-0.1, -0.05) is 12.1 Å². The van der Waals surface area contributed by atoms with Crippen molar-refractivity contribution < 1.29 is 18.7 Å². The number of Topliss-reactive ketones (excluding diaryl/α,β-unsaturated/α-hetero) is 1. The van der Waals surface area contributed by atoms with Crippen molar-refractivity contribution >= 4 is 14.1 Å². The summed E-state index contributed by atoms with van der Waals surface area (Å²) in [7, 11) is -0.352. The minimum absolute atomic E-state index is 0.0562. The van der Waals surface area contributed by atoms with Gasteiger partial charge in [-0.15, -0.1) is 0 Å². The van der Waals surface area contributed by atoms with Crippen LogP contribution >= 0.6 is 0 Å². The van der Waals surface area contributed by atoms with Crippen molar-refractivity contribution in [1.29, 1.82) is 0 Å². The fourth-order valence-corrected chi connectivity index (χ4v) is 2.95. The molecule has 0 bridgehead atoms. The Morgan fingerprint density at radius 1 is 1.19 bits per heavy atom. The van der Waals surface area contributed by atoms with Crippen molar-refractivity contribution in [2.24, 2.45) is 5.73 Å². The SMILES string of the molecule is COc1ccc(C2(C)OC(N)=C(O[Si](C)(C)C)C2=O)cc1. The third-order valence-electron chi connectivity index (χ3n) is 3.23. The Bertz CT molecular complexity index is 589. The number of ketones is 1. The topological polar surface area (TPSA) is 70.8 Å². The van der Waals surface area contributed by atoms with Gasteiger partial charge in [0.1, 0.15) is 5.75 Å². The first-order chi connectivity index (χ1) is 9.67. The van der Waals surface area contributed by atoms with E-state index in [1.54, 1.807) is 38.3 Å². The Morgan fingerprint density at radius 2 is 1.76 bits per heavy atom. The van der Waals surface area contributed by atoms with Gasteiger partial charge in [0.2, 0.25) is 25.7 Å². The highest BCUT2D eigenvalue weighted by molar-refractivity contribution is 6.70. The average molecular weight is 307 g/mol. The van der Waals surface area contributed by atoms with Gasteiger partial charge in [0.25, 0.3) is 0 Å². The van der Waals surface area contributed by atoms with Crippen molar-refractivity contribution in [3.8, 4) is 5.75 Å². The van der Waals surface area contributed by atoms with E-state index in [2.05, 4.69) is 0 Å². The molecular formula is C15H21NO4Si. The molecule has 0 fully saturated rings. The Morgan fingerprint density at radius 3 is 2.24 bits per heavy atom. The van der Waals surface area contributed by atoms with Gasteiger partial charge in [-0.25, -0.2) is 0 Å². The van der Waals surface area contributed by atoms with Gasteiger partial charge in [0.05, 0.1) is 7.11 Å². The summed E-state index contributed by atoms with van der Waals surface area (Å²) in [6.07, 6.45) is 0. The Hall–Kier alpha value is -1.95. The molecular weight excluding hydrogens is 286 g/mol. The van der Waals surface area contributed by atoms with Crippen molar-refractivity contribution in [3.63, 3.8) is 0 Å². The molecule has 1 atom stereocenters. The van der Waals surface area contributed by atoms with Gasteiger partial charge >= 0.3 is 0 Å². The van der Waals surface area contributed by atoms with E-state index in [0.717, 1.165) is 0 Å². The summed E-state index contributed by atoms with van der Waals surface area (Å²) >= 11 is 0. The van der Waals surface area contributed by atoms with Gasteiger partial charge in [-0.05, 0) is 38.7 Å². The second kappa shape index (κ2) is 5.11. The number of methoxy groups -OCH3 is 1. The normalized spacial score (nSPS) is 22.2. The van der Waals surface area contributed by atoms with Gasteiger partial charge in [0, 0.05) is 5.56 Å². The minimum atomic E-state index is -1.94. The van der Waals surface area contributed by atoms with Crippen LogP contribution in [0.5, 0.6) is 5.75 Å². The van der Waals surface area contributed by atoms with Crippen LogP contribution < -0.4 is 10.5 Å². The lowest BCUT2D eigenvalue weighted by Crippen LogP contribution is -2.34. The first-order valence-electron chi connectivity index (χ1n) is 6.74. The molecule has 6 heteroatoms. The summed E-state index contributed by atoms with van der Waals surface area (Å²) in [6.45, 7) is 7.67. The lowest BCUT2D eigenvalue weighted by Gasteiger charge is -2.24. The number of carbonyl (C=O) groups excluding carboxylic acids is 1. The van der Waals surface area contributed by atoms with Gasteiger partial charge < -0.3 is 19.6 Å². The van der Waals surface area contributed by atoms with Crippen molar-refractivity contribution in [1.82, 2.24) is 0 Å². The molecule has 1 aromatic carbocycles. The van der Waals surface area contributed by atoms with E-state index in [0.29, 0.717) is 11.3 Å². The monoisotopic (exact) mass is 307 g/mol. The minimum Gasteiger partial charge on any atom is -0.538 e. The van der Waals surface area contributed by atoms with Crippen LogP contribution in [-0.2, 0) is 19.6 Å². The van der Waals surface area contributed by atoms with Crippen LogP contribution in [0.4, 0.5) is 0 Å². The lowest BCUT2D eigenvalue weighted by molar-refractivity contribution is -0.131. The molecule has 0 saturated carbocycles. The van der Waals surface area contributed by atoms with E-state index < -0.39 is 13.9 Å². The van der Waals surface area contributed by atoms with Crippen LogP contribution in [-0.4, -0.2) is 21.2 Å². The molecule has 1 unspecified atom stereocenters. The lowest BCUT2D eigenvalue weighted by atomic mass is 9.91. The molecule has 1 aliphatic heterocycles. The molecule has 0 radical (unpaired) electrons. The zero-order valence-electron chi connectivity index (χ0n) is 13.0. The number of rotatable bonds is 4. The van der Waals surface area contributed by atoms with Crippen LogP contribution in [0.2, 0.25) is 19.6 Å². The second-order valence-electron chi connectivity index (χ2n) is 6.10. The molecule has 2 N–H and O–H groups in total. The van der Waals surface area contributed by atoms with Crippen molar-refractivity contribution in [2.45, 2.75) is 32.2 Å². The standard InChI is InChI=1S/C15H21NO4Si/c1-15(10-6-8-11(18-2)9-7-10)13(17)12(14(16)19-15)20-21(3,4)5/h6-9H,16H2,1-5H3. The fraction of sp³-hybridized carbons (Fsp3) is 0.400. The fourth-order valence-electron chi connectivity index (χ4n) is 2.14. The van der Waals surface area contributed by atoms with Crippen molar-refractivity contribution in [3.05, 3.63) is 41.5 Å². The molecule has 0 amide bonds. The van der Waals surface area contributed by atoms with E-state index in [9.17, 15) is 4.79 Å². The largest absolute Gasteiger partial charge is 0.538 e. The number of ether oxygens (including phenoxy) is 2. The van der Waals surface area contributed by atoms with E-state index in [1.165, 1.54) is 0 Å². The zero-order chi connectivity index (χ0) is 15.8. The average Bonchev–Trinajstić information content (AvgIpc) is 2.62. The zero-order valence-corrected chi connectivity index (χ0v) is 14.0. The summed E-state index contributed by atoms with van der Waals surface area (Å²) in [5.74, 6) is 0.674. The highest BCUT2D eigenvalue weighted by Crippen LogP contribution is 2.38. The third kappa shape index (κ3) is 2.90. The Labute approximate surface area is 125 Å². The first kappa shape index (κ1) is 15.4. The molecule has 0 aliphatic carbocycles. The van der Waals surface area contributed by atoms with E-state index in [1.807, 2.05) is 19.6 Å². The Balaban J connectivity index is 2.32. The number of benzene rings is 1. The molecule has 5 nitrogen and oxygen atoms in total. The second-order valence-corrected chi connectivity index (χ2v) is 10.5. The number of carbonyl (C=O) groups is 1. The van der Waals surface area contributed by atoms with E-state index in [4.69, 9.17) is 19.6 Å². The van der Waals surface area contributed by atoms with Gasteiger partial charge in [-0.2, -0.15) is 0 Å². The molecule has 1 heterocycles. The molecule has 114 valence electrons. The van der Waals surface area contributed by atoms with E-state index in [-0.39, 0.29) is 17.4 Å². The summed E-state index contributed by atoms with van der Waals surface area (Å²) in [5.41, 5.74) is 5.42. The Kier molecular flexibility index (Phi) is 3.75. The summed E-state index contributed by atoms with van der Waals surface area (Å²) < 4.78 is 16.5. The highest BCUT2D eigenvalue weighted by Gasteiger charge is 2.48. The van der Waals surface area contributed by atoms with Crippen LogP contribution in [0.15, 0.2) is 35.9 Å². The first-order valence-corrected chi connectivity index (χ1v) is 10.2. The molecule has 0 aromatic heterocycles. The summed E-state index contributed by atoms with van der Waals surface area (Å²) in [4.78, 5) is 12.7. The van der Waals surface area contributed by atoms with Gasteiger partial charge in [0.15, 0.2) is 5.60 Å². The molecule has 2 rings (SSSR count). The van der Waals surface area contributed by atoms with Crippen LogP contribution in [0.1, 0.15) is 12.5 Å². The maximum absolute atomic E-state index is 12.7. The highest BCUT2D eigenvalue weighted by atomic mass is 28.4. The maximum atomic E-state index is 12.7. The smallest absolute Gasteiger partial charge is 0.249 e. The van der Waals surface area contributed by atoms with Gasteiger partial charge in [-0.3, -0.25) is 4.79 Å². The van der Waals surface area contributed by atoms with Crippen LogP contribution in [0.25, 0.3) is 0 Å². The maximum Gasteiger partial charge on any atom is 0.249 e. The summed E-state index contributed by atoms with van der Waals surface area (Å²) in [5, 5.41) is 0. The van der Waals surface area contributed by atoms with Crippen molar-refractivity contribution in [2.75, 3.05) is 7.11 Å². The number of hydrogen-bond acceptors (Lipinski definition) is 5. The predicted octanol–water partition coefficient (Wildman–Crippen LogP) is 2.49. The van der Waals surface area contributed by atoms with Crippen LogP contribution in [0.3, 0.4) is 0 Å². The summed E-state index contributed by atoms with van der Waals surface area (Å²) in [6, 6.07) is 7.15. The molecule has 0 saturated heterocycles. The molecule has 1 aromatic rings. The molecule has 1 aliphatic rings. The molecule has 0 spiro atoms. The molecule has 21 heavy (non-hydrogen) atoms. The number of hydrogen-bond donors (Lipinski definition) is 1. The predicted molar refractivity (Wildman–Crippen MR) is 82.1 cm³/mol. The number of nitrogens with two attached hydrogens (primary N) is 1. The quantitative estimate of drug-likeness (QED) is 0.865. The van der Waals surface area contributed by atoms with Crippen LogP contribution in [0, 0.1) is 0 Å². The third-order valence-corrected chi connectivity index (χ3v) is 4.04. The van der Waals surface area contributed by atoms with E-state index >= 15 is 0 Å².